The monoisotopic (exact) mass is 459 g/mol. The van der Waals surface area contributed by atoms with Gasteiger partial charge in [-0.3, -0.25) is 9.69 Å². The molecular weight excluding hydrogens is 442 g/mol. The lowest BCUT2D eigenvalue weighted by Crippen LogP contribution is -2.39. The van der Waals surface area contributed by atoms with Crippen LogP contribution in [0.4, 0.5) is 10.5 Å². The lowest BCUT2D eigenvalue weighted by Gasteiger charge is -2.22. The predicted molar refractivity (Wildman–Crippen MR) is 127 cm³/mol. The Morgan fingerprint density at radius 1 is 1.06 bits per heavy atom. The molecule has 0 saturated heterocycles. The van der Waals surface area contributed by atoms with E-state index in [2.05, 4.69) is 10.3 Å². The molecule has 2 amide bonds. The Morgan fingerprint density at radius 3 is 2.58 bits per heavy atom. The molecule has 0 bridgehead atoms. The molecule has 9 heteroatoms. The van der Waals surface area contributed by atoms with Gasteiger partial charge in [-0.25, -0.2) is 19.3 Å². The van der Waals surface area contributed by atoms with Crippen molar-refractivity contribution in [2.45, 2.75) is 0 Å². The second-order valence-electron chi connectivity index (χ2n) is 7.28. The third-order valence-corrected chi connectivity index (χ3v) is 5.49. The first kappa shape index (κ1) is 20.7. The Bertz CT molecular complexity index is 1450. The quantitative estimate of drug-likeness (QED) is 0.495. The number of aromatic nitrogens is 3. The van der Waals surface area contributed by atoms with Crippen LogP contribution in [0.2, 0.25) is 5.02 Å². The van der Waals surface area contributed by atoms with E-state index in [1.54, 1.807) is 55.8 Å². The summed E-state index contributed by atoms with van der Waals surface area (Å²) in [6.07, 6.45) is 5.06. The van der Waals surface area contributed by atoms with E-state index < -0.39 is 0 Å². The van der Waals surface area contributed by atoms with Gasteiger partial charge in [0.05, 0.1) is 28.7 Å². The van der Waals surface area contributed by atoms with E-state index in [4.69, 9.17) is 21.3 Å². The Labute approximate surface area is 193 Å². The topological polar surface area (TPSA) is 89.3 Å². The molecule has 0 unspecified atom stereocenters. The number of amides is 2. The largest absolute Gasteiger partial charge is 0.497 e. The van der Waals surface area contributed by atoms with E-state index in [0.717, 1.165) is 0 Å². The van der Waals surface area contributed by atoms with Crippen LogP contribution in [0, 0.1) is 0 Å². The van der Waals surface area contributed by atoms with Crippen LogP contribution in [0.25, 0.3) is 28.1 Å². The molecule has 4 aromatic rings. The molecule has 8 nitrogen and oxygen atoms in total. The van der Waals surface area contributed by atoms with Gasteiger partial charge in [-0.1, -0.05) is 11.6 Å². The number of carbonyl (C=O) groups excluding carboxylic acids is 1. The highest BCUT2D eigenvalue weighted by atomic mass is 35.5. The number of hydrogen-bond acceptors (Lipinski definition) is 5. The summed E-state index contributed by atoms with van der Waals surface area (Å²) >= 11 is 6.01. The van der Waals surface area contributed by atoms with Crippen molar-refractivity contribution in [3.8, 4) is 23.0 Å². The number of methoxy groups -OCH3 is 1. The van der Waals surface area contributed by atoms with Crippen LogP contribution in [0.3, 0.4) is 0 Å². The average Bonchev–Trinajstić information content (AvgIpc) is 2.85. The van der Waals surface area contributed by atoms with Gasteiger partial charge in [0.15, 0.2) is 0 Å². The van der Waals surface area contributed by atoms with E-state index in [-0.39, 0.29) is 11.6 Å². The third-order valence-electron chi connectivity index (χ3n) is 5.26. The van der Waals surface area contributed by atoms with Gasteiger partial charge >= 0.3 is 6.03 Å². The van der Waals surface area contributed by atoms with Gasteiger partial charge in [-0.15, -0.1) is 0 Å². The fourth-order valence-electron chi connectivity index (χ4n) is 3.63. The van der Waals surface area contributed by atoms with Crippen molar-refractivity contribution in [2.24, 2.45) is 0 Å². The molecule has 0 radical (unpaired) electrons. The fourth-order valence-corrected chi connectivity index (χ4v) is 3.74. The zero-order valence-corrected chi connectivity index (χ0v) is 18.3. The number of carbonyl (C=O) groups is 1. The van der Waals surface area contributed by atoms with Crippen molar-refractivity contribution in [1.29, 1.82) is 0 Å². The molecule has 0 spiro atoms. The van der Waals surface area contributed by atoms with Crippen LogP contribution in [0.1, 0.15) is 0 Å². The van der Waals surface area contributed by atoms with Gasteiger partial charge in [-0.2, -0.15) is 0 Å². The maximum atomic E-state index is 13.6. The maximum absolute atomic E-state index is 13.6. The van der Waals surface area contributed by atoms with Gasteiger partial charge in [0.2, 0.25) is 0 Å². The van der Waals surface area contributed by atoms with E-state index in [9.17, 15) is 9.59 Å². The Kier molecular flexibility index (Phi) is 5.27. The number of halogens is 1. The standard InChI is InChI=1S/C24H18ClN5O3/c1-33-18-8-9-20-19(13-18)23(31)30(21-10-5-16(25)14-27-21)22(28-20)15-3-6-17(7-4-15)29-12-2-11-26-24(29)32/h2-10,12-14H,11H2,1H3,(H,26,32). The molecule has 0 atom stereocenters. The number of ether oxygens (including phenoxy) is 1. The summed E-state index contributed by atoms with van der Waals surface area (Å²) in [5, 5.41) is 3.63. The summed E-state index contributed by atoms with van der Waals surface area (Å²) in [6, 6.07) is 15.5. The number of benzene rings is 2. The molecule has 1 aliphatic rings. The first-order chi connectivity index (χ1) is 16.0. The van der Waals surface area contributed by atoms with Gasteiger partial charge in [0, 0.05) is 24.5 Å². The molecule has 3 heterocycles. The number of nitrogens with zero attached hydrogens (tertiary/aromatic N) is 4. The van der Waals surface area contributed by atoms with Gasteiger partial charge in [0.25, 0.3) is 5.56 Å². The summed E-state index contributed by atoms with van der Waals surface area (Å²) in [6.45, 7) is 0.500. The lowest BCUT2D eigenvalue weighted by molar-refractivity contribution is 0.248. The van der Waals surface area contributed by atoms with Crippen LogP contribution in [0.15, 0.2) is 77.9 Å². The number of rotatable bonds is 4. The van der Waals surface area contributed by atoms with E-state index >= 15 is 0 Å². The number of hydrogen-bond donors (Lipinski definition) is 1. The van der Waals surface area contributed by atoms with Gasteiger partial charge in [-0.05, 0) is 60.7 Å². The minimum Gasteiger partial charge on any atom is -0.497 e. The molecule has 5 rings (SSSR count). The van der Waals surface area contributed by atoms with E-state index in [1.807, 2.05) is 18.2 Å². The smallest absolute Gasteiger partial charge is 0.326 e. The summed E-state index contributed by atoms with van der Waals surface area (Å²) in [5.41, 5.74) is 1.62. The van der Waals surface area contributed by atoms with Crippen molar-refractivity contribution >= 4 is 34.2 Å². The van der Waals surface area contributed by atoms with Crippen LogP contribution < -0.4 is 20.5 Å². The second-order valence-corrected chi connectivity index (χ2v) is 7.72. The molecule has 0 saturated carbocycles. The van der Waals surface area contributed by atoms with Crippen molar-refractivity contribution in [3.05, 3.63) is 88.4 Å². The van der Waals surface area contributed by atoms with Crippen molar-refractivity contribution in [2.75, 3.05) is 18.6 Å². The minimum absolute atomic E-state index is 0.203. The normalized spacial score (nSPS) is 13.3. The lowest BCUT2D eigenvalue weighted by atomic mass is 10.1. The molecule has 2 aromatic carbocycles. The van der Waals surface area contributed by atoms with E-state index in [0.29, 0.717) is 51.1 Å². The number of fused-ring (bicyclic) bond motifs is 1. The van der Waals surface area contributed by atoms with Crippen molar-refractivity contribution in [3.63, 3.8) is 0 Å². The zero-order valence-electron chi connectivity index (χ0n) is 17.5. The van der Waals surface area contributed by atoms with Crippen LogP contribution >= 0.6 is 11.6 Å². The van der Waals surface area contributed by atoms with Crippen molar-refractivity contribution < 1.29 is 9.53 Å². The van der Waals surface area contributed by atoms with Crippen molar-refractivity contribution in [1.82, 2.24) is 19.9 Å². The number of urea groups is 1. The fraction of sp³-hybridized carbons (Fsp3) is 0.0833. The maximum Gasteiger partial charge on any atom is 0.326 e. The summed E-state index contributed by atoms with van der Waals surface area (Å²) < 4.78 is 6.73. The first-order valence-corrected chi connectivity index (χ1v) is 10.5. The Hall–Kier alpha value is -4.17. The number of pyridine rings is 1. The van der Waals surface area contributed by atoms with Crippen LogP contribution in [-0.2, 0) is 0 Å². The molecule has 2 aromatic heterocycles. The highest BCUT2D eigenvalue weighted by Gasteiger charge is 2.18. The summed E-state index contributed by atoms with van der Waals surface area (Å²) in [4.78, 5) is 36.3. The molecule has 33 heavy (non-hydrogen) atoms. The number of anilines is 1. The van der Waals surface area contributed by atoms with Crippen LogP contribution in [0.5, 0.6) is 5.75 Å². The summed E-state index contributed by atoms with van der Waals surface area (Å²) in [7, 11) is 1.54. The second kappa shape index (κ2) is 8.40. The Morgan fingerprint density at radius 2 is 1.88 bits per heavy atom. The van der Waals surface area contributed by atoms with Gasteiger partial charge in [0.1, 0.15) is 17.4 Å². The highest BCUT2D eigenvalue weighted by Crippen LogP contribution is 2.26. The Balaban J connectivity index is 1.69. The molecule has 0 aliphatic carbocycles. The SMILES string of the molecule is COc1ccc2nc(-c3ccc(N4C=CCNC4=O)cc3)n(-c3ccc(Cl)cn3)c(=O)c2c1. The molecule has 164 valence electrons. The summed E-state index contributed by atoms with van der Waals surface area (Å²) in [5.74, 6) is 1.36. The molecule has 0 fully saturated rings. The number of nitrogens with one attached hydrogen (secondary N) is 1. The van der Waals surface area contributed by atoms with Crippen LogP contribution in [-0.4, -0.2) is 34.2 Å². The third kappa shape index (κ3) is 3.81. The average molecular weight is 460 g/mol. The molecule has 1 N–H and O–H groups in total. The molecule has 1 aliphatic heterocycles. The zero-order chi connectivity index (χ0) is 22.9. The predicted octanol–water partition coefficient (Wildman–Crippen LogP) is 4.15. The first-order valence-electron chi connectivity index (χ1n) is 10.1. The molecular formula is C24H18ClN5O3. The van der Waals surface area contributed by atoms with Gasteiger partial charge < -0.3 is 10.1 Å². The van der Waals surface area contributed by atoms with E-state index in [1.165, 1.54) is 15.7 Å². The highest BCUT2D eigenvalue weighted by molar-refractivity contribution is 6.30. The minimum atomic E-state index is -0.286.